The highest BCUT2D eigenvalue weighted by molar-refractivity contribution is 5.34. The molecule has 0 N–H and O–H groups in total. The van der Waals surface area contributed by atoms with Crippen molar-refractivity contribution in [3.8, 4) is 0 Å². The number of aromatic nitrogens is 1. The third-order valence-electron chi connectivity index (χ3n) is 3.03. The van der Waals surface area contributed by atoms with E-state index in [4.69, 9.17) is 0 Å². The largest absolute Gasteiger partial charge is 0.354 e. The Balaban J connectivity index is 2.44. The topological polar surface area (TPSA) is 4.93 Å². The zero-order chi connectivity index (χ0) is 10.1. The normalized spacial score (nSPS) is 16.9. The van der Waals surface area contributed by atoms with Crippen molar-refractivity contribution < 1.29 is 8.78 Å². The number of hydrogen-bond acceptors (Lipinski definition) is 0. The van der Waals surface area contributed by atoms with E-state index in [9.17, 15) is 8.78 Å². The van der Waals surface area contributed by atoms with Gasteiger partial charge in [0.15, 0.2) is 0 Å². The molecule has 1 aliphatic rings. The lowest BCUT2D eigenvalue weighted by Crippen LogP contribution is -1.96. The average molecular weight is 199 g/mol. The molecule has 0 aromatic carbocycles. The average Bonchev–Trinajstić information content (AvgIpc) is 2.38. The SMILES string of the molecule is Cn1cc(C(F)F)c2c1CCCCC2. The maximum absolute atomic E-state index is 12.7. The highest BCUT2D eigenvalue weighted by Gasteiger charge is 2.21. The van der Waals surface area contributed by atoms with Gasteiger partial charge in [-0.2, -0.15) is 0 Å². The molecular weight excluding hydrogens is 184 g/mol. The predicted octanol–water partition coefficient (Wildman–Crippen LogP) is 3.23. The highest BCUT2D eigenvalue weighted by Crippen LogP contribution is 2.31. The van der Waals surface area contributed by atoms with E-state index in [1.807, 2.05) is 11.6 Å². The van der Waals surface area contributed by atoms with E-state index >= 15 is 0 Å². The van der Waals surface area contributed by atoms with Crippen LogP contribution < -0.4 is 0 Å². The number of fused-ring (bicyclic) bond motifs is 1. The smallest absolute Gasteiger partial charge is 0.265 e. The Morgan fingerprint density at radius 1 is 1.21 bits per heavy atom. The minimum atomic E-state index is -2.32. The van der Waals surface area contributed by atoms with Crippen LogP contribution in [0.5, 0.6) is 0 Å². The van der Waals surface area contributed by atoms with Crippen LogP contribution in [-0.2, 0) is 19.9 Å². The fourth-order valence-electron chi connectivity index (χ4n) is 2.32. The first-order chi connectivity index (χ1) is 6.70. The molecule has 1 nitrogen and oxygen atoms in total. The van der Waals surface area contributed by atoms with Crippen LogP contribution in [0.4, 0.5) is 8.78 Å². The molecule has 0 unspecified atom stereocenters. The van der Waals surface area contributed by atoms with E-state index in [1.54, 1.807) is 6.20 Å². The zero-order valence-corrected chi connectivity index (χ0v) is 8.39. The van der Waals surface area contributed by atoms with Gasteiger partial charge in [-0.1, -0.05) is 6.42 Å². The van der Waals surface area contributed by atoms with E-state index in [0.717, 1.165) is 43.4 Å². The predicted molar refractivity (Wildman–Crippen MR) is 51.6 cm³/mol. The van der Waals surface area contributed by atoms with Gasteiger partial charge in [0.2, 0.25) is 0 Å². The van der Waals surface area contributed by atoms with Gasteiger partial charge in [0.1, 0.15) is 0 Å². The van der Waals surface area contributed by atoms with Crippen LogP contribution in [0.2, 0.25) is 0 Å². The number of hydrogen-bond donors (Lipinski definition) is 0. The summed E-state index contributed by atoms with van der Waals surface area (Å²) in [7, 11) is 1.87. The van der Waals surface area contributed by atoms with Gasteiger partial charge >= 0.3 is 0 Å². The highest BCUT2D eigenvalue weighted by atomic mass is 19.3. The molecule has 2 rings (SSSR count). The lowest BCUT2D eigenvalue weighted by Gasteiger charge is -2.03. The number of alkyl halides is 2. The third-order valence-corrected chi connectivity index (χ3v) is 3.03. The monoisotopic (exact) mass is 199 g/mol. The summed E-state index contributed by atoms with van der Waals surface area (Å²) in [5.74, 6) is 0. The molecule has 0 fully saturated rings. The van der Waals surface area contributed by atoms with Crippen molar-refractivity contribution in [3.63, 3.8) is 0 Å². The molecular formula is C11H15F2N. The van der Waals surface area contributed by atoms with Crippen LogP contribution in [0.1, 0.15) is 42.5 Å². The summed E-state index contributed by atoms with van der Waals surface area (Å²) in [4.78, 5) is 0. The van der Waals surface area contributed by atoms with Crippen molar-refractivity contribution in [1.29, 1.82) is 0 Å². The molecule has 0 radical (unpaired) electrons. The van der Waals surface area contributed by atoms with Gasteiger partial charge in [-0.05, 0) is 31.2 Å². The second-order valence-corrected chi connectivity index (χ2v) is 3.98. The summed E-state index contributed by atoms with van der Waals surface area (Å²) >= 11 is 0. The standard InChI is InChI=1S/C11H15F2N/c1-14-7-9(11(12)13)8-5-3-2-4-6-10(8)14/h7,11H,2-6H2,1H3. The van der Waals surface area contributed by atoms with Crippen LogP contribution in [-0.4, -0.2) is 4.57 Å². The van der Waals surface area contributed by atoms with Gasteiger partial charge in [0.25, 0.3) is 6.43 Å². The molecule has 0 spiro atoms. The molecule has 1 heterocycles. The summed E-state index contributed by atoms with van der Waals surface area (Å²) in [5, 5.41) is 0. The van der Waals surface area contributed by atoms with E-state index < -0.39 is 6.43 Å². The Labute approximate surface area is 82.7 Å². The van der Waals surface area contributed by atoms with Gasteiger partial charge in [-0.3, -0.25) is 0 Å². The number of aryl methyl sites for hydroxylation is 1. The van der Waals surface area contributed by atoms with Crippen LogP contribution in [0.15, 0.2) is 6.20 Å². The quantitative estimate of drug-likeness (QED) is 0.612. The fourth-order valence-corrected chi connectivity index (χ4v) is 2.32. The molecule has 0 saturated carbocycles. The Kier molecular flexibility index (Phi) is 2.57. The molecule has 1 aromatic rings. The van der Waals surface area contributed by atoms with Crippen molar-refractivity contribution in [3.05, 3.63) is 23.0 Å². The molecule has 14 heavy (non-hydrogen) atoms. The molecule has 1 aromatic heterocycles. The Hall–Kier alpha value is -0.860. The maximum Gasteiger partial charge on any atom is 0.265 e. The second-order valence-electron chi connectivity index (χ2n) is 3.98. The lowest BCUT2D eigenvalue weighted by molar-refractivity contribution is 0.150. The molecule has 0 atom stereocenters. The molecule has 1 aliphatic carbocycles. The minimum absolute atomic E-state index is 0.254. The summed E-state index contributed by atoms with van der Waals surface area (Å²) in [6.45, 7) is 0. The molecule has 0 aliphatic heterocycles. The molecule has 0 saturated heterocycles. The van der Waals surface area contributed by atoms with Gasteiger partial charge in [0, 0.05) is 24.5 Å². The summed E-state index contributed by atoms with van der Waals surface area (Å²) < 4.78 is 27.3. The molecule has 3 heteroatoms. The van der Waals surface area contributed by atoms with Crippen LogP contribution in [0, 0.1) is 0 Å². The van der Waals surface area contributed by atoms with Gasteiger partial charge in [-0.15, -0.1) is 0 Å². The van der Waals surface area contributed by atoms with Crippen molar-refractivity contribution in [2.24, 2.45) is 7.05 Å². The van der Waals surface area contributed by atoms with Gasteiger partial charge < -0.3 is 4.57 Å². The van der Waals surface area contributed by atoms with E-state index in [0.29, 0.717) is 0 Å². The van der Waals surface area contributed by atoms with E-state index in [-0.39, 0.29) is 5.56 Å². The van der Waals surface area contributed by atoms with Crippen LogP contribution in [0.3, 0.4) is 0 Å². The van der Waals surface area contributed by atoms with Gasteiger partial charge in [-0.25, -0.2) is 8.78 Å². The third kappa shape index (κ3) is 1.56. The first kappa shape index (κ1) is 9.69. The number of nitrogens with zero attached hydrogens (tertiary/aromatic N) is 1. The Morgan fingerprint density at radius 2 is 1.93 bits per heavy atom. The summed E-state index contributed by atoms with van der Waals surface area (Å²) in [5.41, 5.74) is 2.29. The molecule has 78 valence electrons. The first-order valence-electron chi connectivity index (χ1n) is 5.15. The maximum atomic E-state index is 12.7. The first-order valence-corrected chi connectivity index (χ1v) is 5.15. The Bertz CT molecular complexity index is 328. The zero-order valence-electron chi connectivity index (χ0n) is 8.39. The summed E-state index contributed by atoms with van der Waals surface area (Å²) in [6.07, 6.45) is 4.42. The van der Waals surface area contributed by atoms with Gasteiger partial charge in [0.05, 0.1) is 0 Å². The number of halogens is 2. The van der Waals surface area contributed by atoms with Crippen molar-refractivity contribution in [2.45, 2.75) is 38.5 Å². The lowest BCUT2D eigenvalue weighted by atomic mass is 10.1. The van der Waals surface area contributed by atoms with E-state index in [2.05, 4.69) is 0 Å². The van der Waals surface area contributed by atoms with Crippen LogP contribution >= 0.6 is 0 Å². The van der Waals surface area contributed by atoms with Crippen molar-refractivity contribution in [2.75, 3.05) is 0 Å². The van der Waals surface area contributed by atoms with Crippen molar-refractivity contribution >= 4 is 0 Å². The van der Waals surface area contributed by atoms with Crippen molar-refractivity contribution in [1.82, 2.24) is 4.57 Å². The number of rotatable bonds is 1. The van der Waals surface area contributed by atoms with Crippen LogP contribution in [0.25, 0.3) is 0 Å². The Morgan fingerprint density at radius 3 is 2.64 bits per heavy atom. The molecule has 0 amide bonds. The fraction of sp³-hybridized carbons (Fsp3) is 0.636. The minimum Gasteiger partial charge on any atom is -0.354 e. The molecule has 0 bridgehead atoms. The van der Waals surface area contributed by atoms with E-state index in [1.165, 1.54) is 0 Å². The second kappa shape index (κ2) is 3.71. The summed E-state index contributed by atoms with van der Waals surface area (Å²) in [6, 6.07) is 0.